The van der Waals surface area contributed by atoms with Gasteiger partial charge in [-0.3, -0.25) is 0 Å². The fourth-order valence-electron chi connectivity index (χ4n) is 2.25. The minimum atomic E-state index is -2.83. The molecule has 1 aliphatic heterocycles. The zero-order chi connectivity index (χ0) is 13.6. The van der Waals surface area contributed by atoms with Crippen LogP contribution in [0.15, 0.2) is 12.1 Å². The number of sulfone groups is 1. The molecule has 6 heteroatoms. The number of thiazole rings is 1. The molecule has 0 spiro atoms. The Morgan fingerprint density at radius 2 is 1.89 bits per heavy atom. The highest BCUT2D eigenvalue weighted by Gasteiger charge is 2.23. The largest absolute Gasteiger partial charge is 0.346 e. The van der Waals surface area contributed by atoms with Crippen LogP contribution in [-0.4, -0.2) is 38.0 Å². The van der Waals surface area contributed by atoms with Crippen LogP contribution < -0.4 is 4.90 Å². The minimum Gasteiger partial charge on any atom is -0.346 e. The zero-order valence-corrected chi connectivity index (χ0v) is 12.6. The van der Waals surface area contributed by atoms with Crippen LogP contribution >= 0.6 is 11.3 Å². The lowest BCUT2D eigenvalue weighted by molar-refractivity contribution is 0.587. The monoisotopic (exact) mass is 296 g/mol. The van der Waals surface area contributed by atoms with Gasteiger partial charge in [0.05, 0.1) is 21.7 Å². The van der Waals surface area contributed by atoms with Crippen molar-refractivity contribution < 1.29 is 8.42 Å². The average Bonchev–Trinajstić information content (AvgIpc) is 2.79. The third kappa shape index (κ3) is 2.34. The molecule has 4 nitrogen and oxygen atoms in total. The van der Waals surface area contributed by atoms with Crippen LogP contribution in [0.2, 0.25) is 0 Å². The van der Waals surface area contributed by atoms with Crippen LogP contribution in [0.25, 0.3) is 10.2 Å². The molecule has 0 saturated carbocycles. The second-order valence-corrected chi connectivity index (χ2v) is 8.30. The topological polar surface area (TPSA) is 50.3 Å². The molecule has 1 aromatic heterocycles. The van der Waals surface area contributed by atoms with E-state index < -0.39 is 9.84 Å². The number of rotatable bonds is 1. The number of anilines is 1. The van der Waals surface area contributed by atoms with E-state index in [1.165, 1.54) is 15.8 Å². The van der Waals surface area contributed by atoms with Gasteiger partial charge in [0, 0.05) is 13.1 Å². The third-order valence-electron chi connectivity index (χ3n) is 3.69. The summed E-state index contributed by atoms with van der Waals surface area (Å²) in [7, 11) is -2.83. The van der Waals surface area contributed by atoms with Gasteiger partial charge in [0.2, 0.25) is 0 Å². The average molecular weight is 296 g/mol. The van der Waals surface area contributed by atoms with Gasteiger partial charge in [0.15, 0.2) is 15.0 Å². The fourth-order valence-corrected chi connectivity index (χ4v) is 4.53. The fraction of sp³-hybridized carbons (Fsp3) is 0.462. The van der Waals surface area contributed by atoms with Crippen LogP contribution in [-0.2, 0) is 9.84 Å². The lowest BCUT2D eigenvalue weighted by Crippen LogP contribution is -2.40. The standard InChI is InChI=1S/C13H16N2O2S2/c1-9-3-4-11-12(10(9)2)14-13(18-11)15-5-7-19(16,17)8-6-15/h3-4H,5-8H2,1-2H3. The van der Waals surface area contributed by atoms with E-state index in [1.54, 1.807) is 11.3 Å². The maximum atomic E-state index is 11.5. The van der Waals surface area contributed by atoms with Crippen LogP contribution in [0.1, 0.15) is 11.1 Å². The first kappa shape index (κ1) is 12.9. The van der Waals surface area contributed by atoms with Crippen LogP contribution in [0.4, 0.5) is 5.13 Å². The molecule has 1 aliphatic rings. The summed E-state index contributed by atoms with van der Waals surface area (Å²) >= 11 is 1.65. The second-order valence-electron chi connectivity index (χ2n) is 4.99. The molecule has 102 valence electrons. The number of fused-ring (bicyclic) bond motifs is 1. The van der Waals surface area contributed by atoms with Crippen LogP contribution in [0.5, 0.6) is 0 Å². The lowest BCUT2D eigenvalue weighted by atomic mass is 10.1. The van der Waals surface area contributed by atoms with Crippen molar-refractivity contribution in [2.75, 3.05) is 29.5 Å². The molecular weight excluding hydrogens is 280 g/mol. The summed E-state index contributed by atoms with van der Waals surface area (Å²) < 4.78 is 24.1. The predicted molar refractivity (Wildman–Crippen MR) is 80.0 cm³/mol. The summed E-state index contributed by atoms with van der Waals surface area (Å²) in [4.78, 5) is 6.78. The van der Waals surface area contributed by atoms with E-state index in [9.17, 15) is 8.42 Å². The summed E-state index contributed by atoms with van der Waals surface area (Å²) in [6, 6.07) is 4.21. The molecule has 0 bridgehead atoms. The van der Waals surface area contributed by atoms with Gasteiger partial charge in [0.1, 0.15) is 0 Å². The zero-order valence-electron chi connectivity index (χ0n) is 11.0. The van der Waals surface area contributed by atoms with E-state index in [4.69, 9.17) is 4.98 Å². The number of aromatic nitrogens is 1. The Bertz CT molecular complexity index is 720. The molecule has 0 aliphatic carbocycles. The first-order chi connectivity index (χ1) is 8.96. The molecule has 0 unspecified atom stereocenters. The van der Waals surface area contributed by atoms with Crippen LogP contribution in [0, 0.1) is 13.8 Å². The van der Waals surface area contributed by atoms with Gasteiger partial charge in [-0.2, -0.15) is 0 Å². The third-order valence-corrected chi connectivity index (χ3v) is 6.38. The number of benzene rings is 1. The Balaban J connectivity index is 1.96. The smallest absolute Gasteiger partial charge is 0.186 e. The highest BCUT2D eigenvalue weighted by atomic mass is 32.2. The Hall–Kier alpha value is -1.14. The van der Waals surface area contributed by atoms with Gasteiger partial charge < -0.3 is 4.90 Å². The van der Waals surface area contributed by atoms with Gasteiger partial charge in [-0.25, -0.2) is 13.4 Å². The minimum absolute atomic E-state index is 0.237. The van der Waals surface area contributed by atoms with Crippen molar-refractivity contribution in [2.45, 2.75) is 13.8 Å². The first-order valence-corrected chi connectivity index (χ1v) is 8.92. The van der Waals surface area contributed by atoms with Crippen LogP contribution in [0.3, 0.4) is 0 Å². The van der Waals surface area contributed by atoms with Gasteiger partial charge in [-0.05, 0) is 31.0 Å². The van der Waals surface area contributed by atoms with E-state index in [1.807, 2.05) is 0 Å². The summed E-state index contributed by atoms with van der Waals surface area (Å²) in [6.45, 7) is 5.28. The van der Waals surface area contributed by atoms with Gasteiger partial charge >= 0.3 is 0 Å². The molecule has 0 amide bonds. The van der Waals surface area contributed by atoms with Crippen molar-refractivity contribution >= 4 is 36.5 Å². The summed E-state index contributed by atoms with van der Waals surface area (Å²) in [5.74, 6) is 0.474. The lowest BCUT2D eigenvalue weighted by Gasteiger charge is -2.25. The Kier molecular flexibility index (Phi) is 3.02. The number of hydrogen-bond acceptors (Lipinski definition) is 5. The van der Waals surface area contributed by atoms with Crippen molar-refractivity contribution in [3.05, 3.63) is 23.3 Å². The molecule has 19 heavy (non-hydrogen) atoms. The molecule has 2 aromatic rings. The van der Waals surface area contributed by atoms with Crippen molar-refractivity contribution in [1.82, 2.24) is 4.98 Å². The summed E-state index contributed by atoms with van der Waals surface area (Å²) in [5.41, 5.74) is 3.50. The predicted octanol–water partition coefficient (Wildman–Crippen LogP) is 2.15. The van der Waals surface area contributed by atoms with E-state index in [-0.39, 0.29) is 11.5 Å². The van der Waals surface area contributed by atoms with E-state index in [0.29, 0.717) is 13.1 Å². The molecule has 0 atom stereocenters. The first-order valence-electron chi connectivity index (χ1n) is 6.28. The molecule has 3 rings (SSSR count). The second kappa shape index (κ2) is 4.45. The van der Waals surface area contributed by atoms with E-state index >= 15 is 0 Å². The van der Waals surface area contributed by atoms with Crippen molar-refractivity contribution in [3.8, 4) is 0 Å². The molecule has 1 aromatic carbocycles. The summed E-state index contributed by atoms with van der Waals surface area (Å²) in [6.07, 6.45) is 0. The van der Waals surface area contributed by atoms with Gasteiger partial charge in [-0.15, -0.1) is 0 Å². The Morgan fingerprint density at radius 3 is 2.58 bits per heavy atom. The SMILES string of the molecule is Cc1ccc2sc(N3CCS(=O)(=O)CC3)nc2c1C. The quantitative estimate of drug-likeness (QED) is 0.809. The Labute approximate surface area is 117 Å². The number of nitrogens with zero attached hydrogens (tertiary/aromatic N) is 2. The Morgan fingerprint density at radius 1 is 1.21 bits per heavy atom. The highest BCUT2D eigenvalue weighted by molar-refractivity contribution is 7.91. The molecule has 1 saturated heterocycles. The van der Waals surface area contributed by atoms with E-state index in [0.717, 1.165) is 10.6 Å². The molecule has 0 radical (unpaired) electrons. The van der Waals surface area contributed by atoms with Crippen molar-refractivity contribution in [3.63, 3.8) is 0 Å². The molecule has 2 heterocycles. The maximum absolute atomic E-state index is 11.5. The van der Waals surface area contributed by atoms with Crippen molar-refractivity contribution in [2.24, 2.45) is 0 Å². The summed E-state index contributed by atoms with van der Waals surface area (Å²) in [5, 5.41) is 0.943. The molecule has 0 N–H and O–H groups in total. The normalized spacial score (nSPS) is 18.9. The molecule has 1 fully saturated rings. The van der Waals surface area contributed by atoms with Gasteiger partial charge in [0.25, 0.3) is 0 Å². The number of hydrogen-bond donors (Lipinski definition) is 0. The van der Waals surface area contributed by atoms with Gasteiger partial charge in [-0.1, -0.05) is 17.4 Å². The van der Waals surface area contributed by atoms with Crippen molar-refractivity contribution in [1.29, 1.82) is 0 Å². The van der Waals surface area contributed by atoms with E-state index in [2.05, 4.69) is 30.9 Å². The highest BCUT2D eigenvalue weighted by Crippen LogP contribution is 2.32. The number of aryl methyl sites for hydroxylation is 2. The maximum Gasteiger partial charge on any atom is 0.186 e. The molecular formula is C13H16N2O2S2.